The maximum atomic E-state index is 10.1. The van der Waals surface area contributed by atoms with Crippen LogP contribution < -0.4 is 0 Å². The van der Waals surface area contributed by atoms with Crippen molar-refractivity contribution in [2.24, 2.45) is 0 Å². The van der Waals surface area contributed by atoms with Crippen LogP contribution in [0.2, 0.25) is 0 Å². The van der Waals surface area contributed by atoms with Gasteiger partial charge in [0.2, 0.25) is 5.79 Å². The molecule has 2 saturated heterocycles. The highest BCUT2D eigenvalue weighted by Crippen LogP contribution is 2.36. The van der Waals surface area contributed by atoms with E-state index in [0.717, 1.165) is 0 Å². The van der Waals surface area contributed by atoms with Gasteiger partial charge in [0.15, 0.2) is 6.29 Å². The Kier molecular flexibility index (Phi) is 6.59. The quantitative estimate of drug-likeness (QED) is 0.229. The van der Waals surface area contributed by atoms with Gasteiger partial charge in [0, 0.05) is 11.5 Å². The third-order valence-corrected chi connectivity index (χ3v) is 4.79. The molecule has 6 N–H and O–H groups in total. The molecule has 0 bridgehead atoms. The summed E-state index contributed by atoms with van der Waals surface area (Å²) in [5.74, 6) is -1.97. The zero-order valence-corrected chi connectivity index (χ0v) is 13.8. The Morgan fingerprint density at radius 2 is 1.48 bits per heavy atom. The second kappa shape index (κ2) is 7.70. The smallest absolute Gasteiger partial charge is 0.223 e. The molecule has 2 heterocycles. The molecule has 136 valence electrons. The van der Waals surface area contributed by atoms with Crippen LogP contribution in [0.1, 0.15) is 0 Å². The molecule has 0 spiro atoms. The van der Waals surface area contributed by atoms with Crippen molar-refractivity contribution < 1.29 is 44.8 Å². The Labute approximate surface area is 143 Å². The van der Waals surface area contributed by atoms with E-state index in [1.807, 2.05) is 0 Å². The van der Waals surface area contributed by atoms with E-state index in [4.69, 9.17) is 14.2 Å². The molecule has 2 fully saturated rings. The van der Waals surface area contributed by atoms with Crippen LogP contribution in [0.4, 0.5) is 0 Å². The minimum absolute atomic E-state index is 0.0300. The van der Waals surface area contributed by atoms with E-state index in [1.165, 1.54) is 0 Å². The molecule has 2 rings (SSSR count). The lowest BCUT2D eigenvalue weighted by Gasteiger charge is -2.43. The molecule has 2 aliphatic rings. The summed E-state index contributed by atoms with van der Waals surface area (Å²) in [5.41, 5.74) is 0. The number of hydrogen-bond donors (Lipinski definition) is 8. The SMILES string of the molecule is OCC1(OC2OC(CS)C(O)C(O)C2O)OC(CS)C(O)C1O. The summed E-state index contributed by atoms with van der Waals surface area (Å²) >= 11 is 7.95. The highest BCUT2D eigenvalue weighted by Gasteiger charge is 2.58. The van der Waals surface area contributed by atoms with Crippen molar-refractivity contribution in [3.8, 4) is 0 Å². The van der Waals surface area contributed by atoms with Crippen molar-refractivity contribution in [2.45, 2.75) is 54.8 Å². The van der Waals surface area contributed by atoms with Crippen LogP contribution in [0.3, 0.4) is 0 Å². The number of aliphatic hydroxyl groups is 6. The summed E-state index contributed by atoms with van der Waals surface area (Å²) in [6.07, 6.45) is -11.0. The molecule has 0 saturated carbocycles. The fraction of sp³-hybridized carbons (Fsp3) is 1.00. The van der Waals surface area contributed by atoms with Crippen molar-refractivity contribution in [3.63, 3.8) is 0 Å². The first-order chi connectivity index (χ1) is 10.8. The molecule has 2 aliphatic heterocycles. The molecule has 0 aromatic rings. The molecule has 9 nitrogen and oxygen atoms in total. The summed E-state index contributed by atoms with van der Waals surface area (Å²) in [5, 5.41) is 59.2. The normalized spacial score (nSPS) is 51.1. The van der Waals surface area contributed by atoms with Crippen LogP contribution >= 0.6 is 25.3 Å². The monoisotopic (exact) mass is 374 g/mol. The molecule has 0 aromatic heterocycles. The van der Waals surface area contributed by atoms with Crippen LogP contribution in [-0.2, 0) is 14.2 Å². The van der Waals surface area contributed by atoms with Crippen molar-refractivity contribution >= 4 is 25.3 Å². The van der Waals surface area contributed by atoms with E-state index in [1.54, 1.807) is 0 Å². The van der Waals surface area contributed by atoms with Crippen LogP contribution in [0, 0.1) is 0 Å². The molecule has 0 aliphatic carbocycles. The van der Waals surface area contributed by atoms with Crippen molar-refractivity contribution in [2.75, 3.05) is 18.1 Å². The van der Waals surface area contributed by atoms with Gasteiger partial charge in [0.05, 0.1) is 12.2 Å². The zero-order valence-electron chi connectivity index (χ0n) is 12.0. The minimum atomic E-state index is -2.05. The first kappa shape index (κ1) is 19.7. The lowest BCUT2D eigenvalue weighted by molar-refractivity contribution is -0.379. The summed E-state index contributed by atoms with van der Waals surface area (Å²) in [6, 6.07) is 0. The van der Waals surface area contributed by atoms with E-state index < -0.39 is 61.4 Å². The first-order valence-corrected chi connectivity index (χ1v) is 8.31. The molecule has 9 unspecified atom stereocenters. The van der Waals surface area contributed by atoms with Crippen molar-refractivity contribution in [3.05, 3.63) is 0 Å². The van der Waals surface area contributed by atoms with Gasteiger partial charge >= 0.3 is 0 Å². The average Bonchev–Trinajstić information content (AvgIpc) is 2.80. The van der Waals surface area contributed by atoms with Gasteiger partial charge < -0.3 is 44.8 Å². The van der Waals surface area contributed by atoms with Gasteiger partial charge in [0.1, 0.15) is 37.1 Å². The summed E-state index contributed by atoms with van der Waals surface area (Å²) in [4.78, 5) is 0. The van der Waals surface area contributed by atoms with E-state index >= 15 is 0 Å². The summed E-state index contributed by atoms with van der Waals surface area (Å²) in [6.45, 7) is -0.841. The van der Waals surface area contributed by atoms with Crippen LogP contribution in [0.25, 0.3) is 0 Å². The summed E-state index contributed by atoms with van der Waals surface area (Å²) < 4.78 is 16.0. The number of ether oxygens (including phenoxy) is 3. The fourth-order valence-electron chi connectivity index (χ4n) is 2.63. The van der Waals surface area contributed by atoms with Gasteiger partial charge in [-0.2, -0.15) is 25.3 Å². The predicted molar refractivity (Wildman–Crippen MR) is 82.2 cm³/mol. The third-order valence-electron chi connectivity index (χ3n) is 4.07. The molecule has 11 heteroatoms. The van der Waals surface area contributed by atoms with E-state index in [2.05, 4.69) is 25.3 Å². The molecule has 0 aromatic carbocycles. The largest absolute Gasteiger partial charge is 0.391 e. The standard InChI is InChI=1S/C12H22O9S2/c13-3-12(10(18)7(15)5(2-23)20-12)21-11-9(17)8(16)6(14)4(1-22)19-11/h4-11,13-18,22-23H,1-3H2. The van der Waals surface area contributed by atoms with Gasteiger partial charge in [-0.15, -0.1) is 0 Å². The first-order valence-electron chi connectivity index (χ1n) is 7.05. The third kappa shape index (κ3) is 3.51. The Balaban J connectivity index is 2.18. The van der Waals surface area contributed by atoms with Crippen molar-refractivity contribution in [1.82, 2.24) is 0 Å². The van der Waals surface area contributed by atoms with Crippen LogP contribution in [0.5, 0.6) is 0 Å². The lowest BCUT2D eigenvalue weighted by Crippen LogP contribution is -2.62. The second-order valence-electron chi connectivity index (χ2n) is 5.56. The predicted octanol–water partition coefficient (Wildman–Crippen LogP) is -3.52. The number of hydrogen-bond acceptors (Lipinski definition) is 11. The number of thiol groups is 2. The number of aliphatic hydroxyl groups excluding tert-OH is 6. The molecular weight excluding hydrogens is 352 g/mol. The number of rotatable bonds is 5. The Bertz CT molecular complexity index is 401. The highest BCUT2D eigenvalue weighted by atomic mass is 32.1. The highest BCUT2D eigenvalue weighted by molar-refractivity contribution is 7.80. The Morgan fingerprint density at radius 1 is 0.870 bits per heavy atom. The van der Waals surface area contributed by atoms with Crippen LogP contribution in [0.15, 0.2) is 0 Å². The van der Waals surface area contributed by atoms with E-state index in [9.17, 15) is 30.6 Å². The van der Waals surface area contributed by atoms with Gasteiger partial charge in [-0.05, 0) is 0 Å². The average molecular weight is 374 g/mol. The van der Waals surface area contributed by atoms with Crippen molar-refractivity contribution in [1.29, 1.82) is 0 Å². The van der Waals surface area contributed by atoms with E-state index in [0.29, 0.717) is 0 Å². The second-order valence-corrected chi connectivity index (χ2v) is 6.29. The van der Waals surface area contributed by atoms with E-state index in [-0.39, 0.29) is 11.5 Å². The van der Waals surface area contributed by atoms with Gasteiger partial charge in [-0.1, -0.05) is 0 Å². The van der Waals surface area contributed by atoms with Crippen LogP contribution in [-0.4, -0.2) is 104 Å². The fourth-order valence-corrected chi connectivity index (χ4v) is 3.22. The maximum Gasteiger partial charge on any atom is 0.223 e. The Morgan fingerprint density at radius 3 is 1.96 bits per heavy atom. The molecule has 0 amide bonds. The molecule has 0 radical (unpaired) electrons. The topological polar surface area (TPSA) is 149 Å². The molecular formula is C12H22O9S2. The Hall–Kier alpha value is 0.340. The molecule has 23 heavy (non-hydrogen) atoms. The maximum absolute atomic E-state index is 10.1. The summed E-state index contributed by atoms with van der Waals surface area (Å²) in [7, 11) is 0. The zero-order chi connectivity index (χ0) is 17.4. The van der Waals surface area contributed by atoms with Gasteiger partial charge in [-0.3, -0.25) is 0 Å². The van der Waals surface area contributed by atoms with Gasteiger partial charge in [-0.25, -0.2) is 0 Å². The van der Waals surface area contributed by atoms with Gasteiger partial charge in [0.25, 0.3) is 0 Å². The lowest BCUT2D eigenvalue weighted by atomic mass is 9.99. The molecule has 9 atom stereocenters. The minimum Gasteiger partial charge on any atom is -0.391 e.